The lowest BCUT2D eigenvalue weighted by Gasteiger charge is -2.27. The second-order valence-corrected chi connectivity index (χ2v) is 7.08. The van der Waals surface area contributed by atoms with Gasteiger partial charge in [0.05, 0.1) is 5.69 Å². The third-order valence-corrected chi connectivity index (χ3v) is 5.13. The van der Waals surface area contributed by atoms with Crippen LogP contribution in [-0.2, 0) is 11.3 Å². The Kier molecular flexibility index (Phi) is 9.70. The summed E-state index contributed by atoms with van der Waals surface area (Å²) in [4.78, 5) is 11.1. The van der Waals surface area contributed by atoms with Gasteiger partial charge in [0.2, 0.25) is 0 Å². The van der Waals surface area contributed by atoms with Gasteiger partial charge < -0.3 is 15.0 Å². The van der Waals surface area contributed by atoms with Gasteiger partial charge in [-0.05, 0) is 48.9 Å². The number of hydrogen-bond donors (Lipinski definition) is 1. The zero-order chi connectivity index (χ0) is 18.9. The van der Waals surface area contributed by atoms with E-state index in [0.29, 0.717) is 0 Å². The Morgan fingerprint density at radius 2 is 2.04 bits per heavy atom. The van der Waals surface area contributed by atoms with E-state index in [1.54, 1.807) is 0 Å². The fourth-order valence-electron chi connectivity index (χ4n) is 3.46. The van der Waals surface area contributed by atoms with Crippen LogP contribution >= 0.6 is 24.0 Å². The van der Waals surface area contributed by atoms with Gasteiger partial charge in [-0.2, -0.15) is 0 Å². The zero-order valence-corrected chi connectivity index (χ0v) is 19.1. The van der Waals surface area contributed by atoms with Gasteiger partial charge in [0.15, 0.2) is 5.96 Å². The lowest BCUT2D eigenvalue weighted by molar-refractivity contribution is 0.0625. The predicted octanol–water partition coefficient (Wildman–Crippen LogP) is 4.19. The Bertz CT molecular complexity index is 732. The molecule has 1 aliphatic rings. The molecule has 0 unspecified atom stereocenters. The maximum absolute atomic E-state index is 5.45. The van der Waals surface area contributed by atoms with Gasteiger partial charge in [-0.1, -0.05) is 24.3 Å². The number of rotatable bonds is 6. The molecule has 5 nitrogen and oxygen atoms in total. The molecule has 0 bridgehead atoms. The molecule has 1 aromatic heterocycles. The molecule has 0 amide bonds. The first-order chi connectivity index (χ1) is 13.3. The molecule has 0 atom stereocenters. The van der Waals surface area contributed by atoms with Crippen LogP contribution in [0.4, 0.5) is 0 Å². The van der Waals surface area contributed by atoms with E-state index in [1.807, 2.05) is 31.4 Å². The highest BCUT2D eigenvalue weighted by Gasteiger charge is 2.15. The van der Waals surface area contributed by atoms with Crippen molar-refractivity contribution < 1.29 is 4.74 Å². The molecule has 2 heterocycles. The summed E-state index contributed by atoms with van der Waals surface area (Å²) in [6, 6.07) is 14.5. The van der Waals surface area contributed by atoms with Gasteiger partial charge in [-0.3, -0.25) is 9.98 Å². The second-order valence-electron chi connectivity index (χ2n) is 7.08. The lowest BCUT2D eigenvalue weighted by atomic mass is 9.96. The zero-order valence-electron chi connectivity index (χ0n) is 16.8. The van der Waals surface area contributed by atoms with Crippen LogP contribution in [0.5, 0.6) is 0 Å². The van der Waals surface area contributed by atoms with Crippen molar-refractivity contribution in [3.63, 3.8) is 0 Å². The van der Waals surface area contributed by atoms with E-state index in [4.69, 9.17) is 4.74 Å². The van der Waals surface area contributed by atoms with Crippen molar-refractivity contribution in [1.29, 1.82) is 0 Å². The highest BCUT2D eigenvalue weighted by Crippen LogP contribution is 2.19. The standard InChI is InChI=1S/C22H30N4O.HI/c1-23-22(26(2)13-9-18-10-14-27-15-11-18)25-17-19-6-5-7-20(16-19)21-8-3-4-12-24-21;/h3-8,12,16,18H,9-11,13-15,17H2,1-2H3,(H,23,25);1H. The maximum atomic E-state index is 5.45. The average molecular weight is 494 g/mol. The molecule has 0 saturated carbocycles. The summed E-state index contributed by atoms with van der Waals surface area (Å²) in [5.41, 5.74) is 3.35. The number of aromatic nitrogens is 1. The van der Waals surface area contributed by atoms with Crippen LogP contribution in [-0.4, -0.2) is 49.7 Å². The van der Waals surface area contributed by atoms with Crippen molar-refractivity contribution in [3.8, 4) is 11.3 Å². The molecule has 1 aromatic carbocycles. The Labute approximate surface area is 185 Å². The largest absolute Gasteiger partial charge is 0.381 e. The Balaban J connectivity index is 0.00000280. The molecule has 3 rings (SSSR count). The van der Waals surface area contributed by atoms with Crippen molar-refractivity contribution >= 4 is 29.9 Å². The molecule has 0 spiro atoms. The minimum absolute atomic E-state index is 0. The molecule has 1 N–H and O–H groups in total. The Morgan fingerprint density at radius 3 is 2.75 bits per heavy atom. The van der Waals surface area contributed by atoms with Crippen molar-refractivity contribution in [2.24, 2.45) is 10.9 Å². The number of aliphatic imine (C=N–C) groups is 1. The first kappa shape index (κ1) is 22.6. The summed E-state index contributed by atoms with van der Waals surface area (Å²) < 4.78 is 5.45. The molecule has 1 aliphatic heterocycles. The monoisotopic (exact) mass is 494 g/mol. The summed E-state index contributed by atoms with van der Waals surface area (Å²) in [5.74, 6) is 1.71. The van der Waals surface area contributed by atoms with Crippen molar-refractivity contribution in [2.45, 2.75) is 25.8 Å². The molecule has 0 radical (unpaired) electrons. The summed E-state index contributed by atoms with van der Waals surface area (Å²) in [6.45, 7) is 3.58. The van der Waals surface area contributed by atoms with Gasteiger partial charge in [0, 0.05) is 52.2 Å². The normalized spacial score (nSPS) is 15.0. The van der Waals surface area contributed by atoms with Gasteiger partial charge in [0.25, 0.3) is 0 Å². The number of hydrogen-bond acceptors (Lipinski definition) is 3. The fraction of sp³-hybridized carbons (Fsp3) is 0.455. The van der Waals surface area contributed by atoms with Crippen molar-refractivity contribution in [2.75, 3.05) is 33.9 Å². The van der Waals surface area contributed by atoms with Crippen molar-refractivity contribution in [3.05, 3.63) is 54.2 Å². The van der Waals surface area contributed by atoms with Crippen LogP contribution < -0.4 is 5.32 Å². The topological polar surface area (TPSA) is 49.8 Å². The number of nitrogens with zero attached hydrogens (tertiary/aromatic N) is 3. The maximum Gasteiger partial charge on any atom is 0.193 e. The average Bonchev–Trinajstić information content (AvgIpc) is 2.74. The van der Waals surface area contributed by atoms with E-state index >= 15 is 0 Å². The molecular weight excluding hydrogens is 463 g/mol. The van der Waals surface area contributed by atoms with Gasteiger partial charge in [-0.25, -0.2) is 0 Å². The van der Waals surface area contributed by atoms with Crippen LogP contribution in [0, 0.1) is 5.92 Å². The highest BCUT2D eigenvalue weighted by atomic mass is 127. The molecule has 2 aromatic rings. The predicted molar refractivity (Wildman–Crippen MR) is 126 cm³/mol. The smallest absolute Gasteiger partial charge is 0.193 e. The molecule has 1 fully saturated rings. The minimum Gasteiger partial charge on any atom is -0.381 e. The Morgan fingerprint density at radius 1 is 1.21 bits per heavy atom. The van der Waals surface area contributed by atoms with Crippen LogP contribution in [0.3, 0.4) is 0 Å². The number of pyridine rings is 1. The Hall–Kier alpha value is -1.67. The quantitative estimate of drug-likeness (QED) is 0.372. The summed E-state index contributed by atoms with van der Waals surface area (Å²) in [5, 5.41) is 3.48. The number of ether oxygens (including phenoxy) is 1. The number of guanidine groups is 1. The first-order valence-electron chi connectivity index (χ1n) is 9.76. The molecule has 28 heavy (non-hydrogen) atoms. The van der Waals surface area contributed by atoms with Gasteiger partial charge >= 0.3 is 0 Å². The van der Waals surface area contributed by atoms with E-state index in [9.17, 15) is 0 Å². The van der Waals surface area contributed by atoms with E-state index in [1.165, 1.54) is 24.8 Å². The molecule has 6 heteroatoms. The van der Waals surface area contributed by atoms with Crippen LogP contribution in [0.2, 0.25) is 0 Å². The van der Waals surface area contributed by atoms with Gasteiger partial charge in [0.1, 0.15) is 0 Å². The first-order valence-corrected chi connectivity index (χ1v) is 9.76. The third kappa shape index (κ3) is 6.74. The van der Waals surface area contributed by atoms with Gasteiger partial charge in [-0.15, -0.1) is 24.0 Å². The van der Waals surface area contributed by atoms with Crippen molar-refractivity contribution in [1.82, 2.24) is 15.2 Å². The third-order valence-electron chi connectivity index (χ3n) is 5.13. The minimum atomic E-state index is 0. The number of nitrogens with one attached hydrogen (secondary N) is 1. The molecule has 152 valence electrons. The van der Waals surface area contributed by atoms with E-state index < -0.39 is 0 Å². The summed E-state index contributed by atoms with van der Waals surface area (Å²) in [7, 11) is 3.95. The SMILES string of the molecule is CN=C(NCc1cccc(-c2ccccn2)c1)N(C)CCC1CCOCC1.I. The fourth-order valence-corrected chi connectivity index (χ4v) is 3.46. The number of benzene rings is 1. The second kappa shape index (κ2) is 12.0. The summed E-state index contributed by atoms with van der Waals surface area (Å²) >= 11 is 0. The molecular formula is C22H31IN4O. The molecule has 0 aliphatic carbocycles. The van der Waals surface area contributed by atoms with E-state index in [-0.39, 0.29) is 24.0 Å². The summed E-state index contributed by atoms with van der Waals surface area (Å²) in [6.07, 6.45) is 5.38. The van der Waals surface area contributed by atoms with Crippen LogP contribution in [0.15, 0.2) is 53.7 Å². The number of halogens is 1. The van der Waals surface area contributed by atoms with Crippen LogP contribution in [0.1, 0.15) is 24.8 Å². The van der Waals surface area contributed by atoms with E-state index in [0.717, 1.165) is 49.4 Å². The molecule has 1 saturated heterocycles. The van der Waals surface area contributed by atoms with E-state index in [2.05, 4.69) is 51.5 Å². The van der Waals surface area contributed by atoms with Crippen LogP contribution in [0.25, 0.3) is 11.3 Å². The highest BCUT2D eigenvalue weighted by molar-refractivity contribution is 14.0. The lowest BCUT2D eigenvalue weighted by Crippen LogP contribution is -2.39.